The van der Waals surface area contributed by atoms with Gasteiger partial charge in [0.15, 0.2) is 0 Å². The van der Waals surface area contributed by atoms with Crippen molar-refractivity contribution in [2.45, 2.75) is 6.42 Å². The lowest BCUT2D eigenvalue weighted by Gasteiger charge is -2.16. The second-order valence-electron chi connectivity index (χ2n) is 2.80. The van der Waals surface area contributed by atoms with Crippen molar-refractivity contribution in [3.05, 3.63) is 0 Å². The summed E-state index contributed by atoms with van der Waals surface area (Å²) in [6.45, 7) is 2.26. The maximum atomic E-state index is 3.05. The zero-order chi connectivity index (χ0) is 7.98. The van der Waals surface area contributed by atoms with Crippen molar-refractivity contribution in [2.24, 2.45) is 0 Å². The van der Waals surface area contributed by atoms with E-state index in [1.165, 1.54) is 6.42 Å². The molecule has 0 heterocycles. The van der Waals surface area contributed by atoms with Crippen LogP contribution in [0, 0.1) is 0 Å². The molecule has 0 aromatic carbocycles. The van der Waals surface area contributed by atoms with Gasteiger partial charge in [-0.1, -0.05) is 0 Å². The van der Waals surface area contributed by atoms with Crippen LogP contribution >= 0.6 is 0 Å². The topological polar surface area (TPSA) is 18.5 Å². The van der Waals surface area contributed by atoms with E-state index in [4.69, 9.17) is 0 Å². The Morgan fingerprint density at radius 3 is 2.10 bits per heavy atom. The standard InChI is InChI=1S/C7H19N3/c1-8-10(4)7-5-6-9(2)3/h8H,5-7H2,1-4H3. The van der Waals surface area contributed by atoms with Gasteiger partial charge in [-0.2, -0.15) is 0 Å². The predicted molar refractivity (Wildman–Crippen MR) is 44.9 cm³/mol. The highest BCUT2D eigenvalue weighted by molar-refractivity contribution is 4.47. The quantitative estimate of drug-likeness (QED) is 0.550. The van der Waals surface area contributed by atoms with Gasteiger partial charge in [-0.3, -0.25) is 5.43 Å². The summed E-state index contributed by atoms with van der Waals surface area (Å²) in [5, 5.41) is 2.09. The van der Waals surface area contributed by atoms with Crippen molar-refractivity contribution in [1.29, 1.82) is 0 Å². The molecule has 0 spiro atoms. The third-order valence-electron chi connectivity index (χ3n) is 1.48. The highest BCUT2D eigenvalue weighted by Gasteiger charge is 1.93. The summed E-state index contributed by atoms with van der Waals surface area (Å²) in [5.41, 5.74) is 3.05. The average molecular weight is 145 g/mol. The van der Waals surface area contributed by atoms with Crippen LogP contribution in [0.2, 0.25) is 0 Å². The smallest absolute Gasteiger partial charge is 0.0139 e. The fourth-order valence-electron chi connectivity index (χ4n) is 0.736. The molecule has 0 aliphatic heterocycles. The lowest BCUT2D eigenvalue weighted by atomic mass is 10.4. The van der Waals surface area contributed by atoms with E-state index in [9.17, 15) is 0 Å². The minimum atomic E-state index is 1.11. The van der Waals surface area contributed by atoms with Gasteiger partial charge in [-0.25, -0.2) is 5.01 Å². The zero-order valence-electron chi connectivity index (χ0n) is 7.52. The van der Waals surface area contributed by atoms with Crippen LogP contribution in [0.5, 0.6) is 0 Å². The van der Waals surface area contributed by atoms with Gasteiger partial charge in [0.05, 0.1) is 0 Å². The number of hydrogen-bond acceptors (Lipinski definition) is 3. The maximum absolute atomic E-state index is 3.05. The van der Waals surface area contributed by atoms with Gasteiger partial charge < -0.3 is 4.90 Å². The minimum Gasteiger partial charge on any atom is -0.309 e. The van der Waals surface area contributed by atoms with Crippen molar-refractivity contribution >= 4 is 0 Å². The average Bonchev–Trinajstić information content (AvgIpc) is 1.87. The Hall–Kier alpha value is -0.120. The molecule has 0 aliphatic rings. The molecule has 0 saturated heterocycles. The molecule has 0 fully saturated rings. The Morgan fingerprint density at radius 2 is 1.70 bits per heavy atom. The highest BCUT2D eigenvalue weighted by atomic mass is 15.5. The molecule has 0 bridgehead atoms. The van der Waals surface area contributed by atoms with E-state index in [0.717, 1.165) is 13.1 Å². The van der Waals surface area contributed by atoms with Gasteiger partial charge in [0.2, 0.25) is 0 Å². The molecule has 3 nitrogen and oxygen atoms in total. The van der Waals surface area contributed by atoms with Gasteiger partial charge in [0.25, 0.3) is 0 Å². The molecule has 0 saturated carbocycles. The van der Waals surface area contributed by atoms with E-state index in [-0.39, 0.29) is 0 Å². The number of rotatable bonds is 5. The van der Waals surface area contributed by atoms with Crippen molar-refractivity contribution in [2.75, 3.05) is 41.3 Å². The first-order valence-electron chi connectivity index (χ1n) is 3.70. The Bertz CT molecular complexity index is 73.3. The van der Waals surface area contributed by atoms with Crippen molar-refractivity contribution in [3.63, 3.8) is 0 Å². The fourth-order valence-corrected chi connectivity index (χ4v) is 0.736. The van der Waals surface area contributed by atoms with Gasteiger partial charge in [0.1, 0.15) is 0 Å². The van der Waals surface area contributed by atoms with Crippen LogP contribution in [-0.4, -0.2) is 51.2 Å². The Labute approximate surface area is 64.0 Å². The minimum absolute atomic E-state index is 1.11. The SMILES string of the molecule is CNN(C)CCCN(C)C. The van der Waals surface area contributed by atoms with Crippen LogP contribution in [0.25, 0.3) is 0 Å². The van der Waals surface area contributed by atoms with Crippen LogP contribution in [-0.2, 0) is 0 Å². The van der Waals surface area contributed by atoms with Gasteiger partial charge in [0, 0.05) is 13.6 Å². The summed E-state index contributed by atoms with van der Waals surface area (Å²) in [6.07, 6.45) is 1.21. The van der Waals surface area contributed by atoms with Crippen molar-refractivity contribution in [1.82, 2.24) is 15.3 Å². The van der Waals surface area contributed by atoms with Crippen molar-refractivity contribution in [3.8, 4) is 0 Å². The molecule has 1 N–H and O–H groups in total. The fraction of sp³-hybridized carbons (Fsp3) is 1.00. The lowest BCUT2D eigenvalue weighted by Crippen LogP contribution is -2.33. The first-order chi connectivity index (χ1) is 4.66. The Balaban J connectivity index is 3.03. The lowest BCUT2D eigenvalue weighted by molar-refractivity contribution is 0.243. The second-order valence-corrected chi connectivity index (χ2v) is 2.80. The summed E-state index contributed by atoms with van der Waals surface area (Å²) in [4.78, 5) is 2.20. The summed E-state index contributed by atoms with van der Waals surface area (Å²) in [5.74, 6) is 0. The predicted octanol–water partition coefficient (Wildman–Crippen LogP) is 0.00430. The molecule has 3 heteroatoms. The molecule has 0 aromatic heterocycles. The Kier molecular flexibility index (Phi) is 5.58. The van der Waals surface area contributed by atoms with Crippen LogP contribution in [0.3, 0.4) is 0 Å². The first kappa shape index (κ1) is 9.88. The van der Waals surface area contributed by atoms with Gasteiger partial charge in [-0.05, 0) is 34.1 Å². The molecule has 0 amide bonds. The number of nitrogens with zero attached hydrogens (tertiary/aromatic N) is 2. The third-order valence-corrected chi connectivity index (χ3v) is 1.48. The molecular weight excluding hydrogens is 126 g/mol. The van der Waals surface area contributed by atoms with E-state index >= 15 is 0 Å². The van der Waals surface area contributed by atoms with E-state index in [0.29, 0.717) is 0 Å². The highest BCUT2D eigenvalue weighted by Crippen LogP contribution is 1.84. The summed E-state index contributed by atoms with van der Waals surface area (Å²) >= 11 is 0. The van der Waals surface area contributed by atoms with E-state index in [1.54, 1.807) is 0 Å². The molecule has 10 heavy (non-hydrogen) atoms. The van der Waals surface area contributed by atoms with Crippen molar-refractivity contribution < 1.29 is 0 Å². The van der Waals surface area contributed by atoms with E-state index < -0.39 is 0 Å². The molecular formula is C7H19N3. The van der Waals surface area contributed by atoms with Gasteiger partial charge in [-0.15, -0.1) is 0 Å². The largest absolute Gasteiger partial charge is 0.309 e. The number of hydrogen-bond donors (Lipinski definition) is 1. The van der Waals surface area contributed by atoms with Crippen LogP contribution in [0.15, 0.2) is 0 Å². The molecule has 0 atom stereocenters. The van der Waals surface area contributed by atoms with E-state index in [1.807, 2.05) is 7.05 Å². The summed E-state index contributed by atoms with van der Waals surface area (Å²) < 4.78 is 0. The van der Waals surface area contributed by atoms with E-state index in [2.05, 4.69) is 36.5 Å². The molecule has 62 valence electrons. The maximum Gasteiger partial charge on any atom is 0.0139 e. The van der Waals surface area contributed by atoms with Crippen LogP contribution < -0.4 is 5.43 Å². The van der Waals surface area contributed by atoms with Crippen LogP contribution in [0.1, 0.15) is 6.42 Å². The Morgan fingerprint density at radius 1 is 1.10 bits per heavy atom. The second kappa shape index (κ2) is 5.65. The first-order valence-corrected chi connectivity index (χ1v) is 3.70. The third kappa shape index (κ3) is 6.01. The molecule has 0 aromatic rings. The normalized spacial score (nSPS) is 11.4. The number of hydrazine groups is 1. The molecule has 0 rings (SSSR count). The summed E-state index contributed by atoms with van der Waals surface area (Å²) in [7, 11) is 8.18. The van der Waals surface area contributed by atoms with Gasteiger partial charge >= 0.3 is 0 Å². The summed E-state index contributed by atoms with van der Waals surface area (Å²) in [6, 6.07) is 0. The molecule has 0 aliphatic carbocycles. The number of nitrogens with one attached hydrogen (secondary N) is 1. The molecule has 0 unspecified atom stereocenters. The molecule has 0 radical (unpaired) electrons. The zero-order valence-corrected chi connectivity index (χ0v) is 7.52. The van der Waals surface area contributed by atoms with Crippen LogP contribution in [0.4, 0.5) is 0 Å². The monoisotopic (exact) mass is 145 g/mol.